The number of aryl methyl sites for hydroxylation is 1. The molecule has 0 radical (unpaired) electrons. The monoisotopic (exact) mass is 321 g/mol. The van der Waals surface area contributed by atoms with E-state index in [1.165, 1.54) is 17.1 Å². The minimum absolute atomic E-state index is 0.395. The maximum atomic E-state index is 5.35. The molecule has 1 aromatic heterocycles. The third kappa shape index (κ3) is 4.17. The van der Waals surface area contributed by atoms with E-state index in [9.17, 15) is 0 Å². The minimum atomic E-state index is 0.395. The van der Waals surface area contributed by atoms with Gasteiger partial charge in [0.05, 0.1) is 5.25 Å². The first-order valence-corrected chi connectivity index (χ1v) is 9.34. The fraction of sp³-hybridized carbons (Fsp3) is 0.467. The molecular formula is C15H19N3OS2. The molecule has 1 aliphatic rings. The summed E-state index contributed by atoms with van der Waals surface area (Å²) in [6.07, 6.45) is 0.755. The fourth-order valence-corrected chi connectivity index (χ4v) is 4.71. The van der Waals surface area contributed by atoms with Crippen LogP contribution in [0.25, 0.3) is 0 Å². The third-order valence-corrected chi connectivity index (χ3v) is 6.06. The maximum absolute atomic E-state index is 5.35. The van der Waals surface area contributed by atoms with Crippen LogP contribution in [0.3, 0.4) is 0 Å². The molecule has 0 aliphatic carbocycles. The molecule has 1 aromatic carbocycles. The molecule has 1 unspecified atom stereocenters. The molecule has 2 heterocycles. The third-order valence-electron chi connectivity index (χ3n) is 3.31. The Morgan fingerprint density at radius 1 is 1.29 bits per heavy atom. The van der Waals surface area contributed by atoms with Crippen LogP contribution < -0.4 is 5.32 Å². The molecule has 0 bridgehead atoms. The predicted molar refractivity (Wildman–Crippen MR) is 90.2 cm³/mol. The van der Waals surface area contributed by atoms with Gasteiger partial charge in [-0.05, 0) is 19.1 Å². The molecule has 0 saturated carbocycles. The first-order valence-electron chi connectivity index (χ1n) is 7.13. The molecule has 1 fully saturated rings. The second-order valence-corrected chi connectivity index (χ2v) is 7.48. The van der Waals surface area contributed by atoms with E-state index in [1.54, 1.807) is 0 Å². The maximum Gasteiger partial charge on any atom is 0.228 e. The average Bonchev–Trinajstić information content (AvgIpc) is 2.99. The Morgan fingerprint density at radius 2 is 2.14 bits per heavy atom. The lowest BCUT2D eigenvalue weighted by atomic mass is 10.2. The number of thioether (sulfide) groups is 2. The zero-order chi connectivity index (χ0) is 14.5. The van der Waals surface area contributed by atoms with E-state index >= 15 is 0 Å². The molecule has 1 N–H and O–H groups in total. The van der Waals surface area contributed by atoms with Crippen molar-refractivity contribution in [1.82, 2.24) is 10.1 Å². The van der Waals surface area contributed by atoms with E-state index in [4.69, 9.17) is 4.52 Å². The molecule has 4 nitrogen and oxygen atoms in total. The smallest absolute Gasteiger partial charge is 0.228 e. The Labute approximate surface area is 133 Å². The molecule has 1 atom stereocenters. The highest BCUT2D eigenvalue weighted by atomic mass is 32.2. The zero-order valence-corrected chi connectivity index (χ0v) is 13.7. The van der Waals surface area contributed by atoms with Crippen LogP contribution in [0.5, 0.6) is 0 Å². The second-order valence-electron chi connectivity index (χ2n) is 5.02. The Morgan fingerprint density at radius 3 is 2.90 bits per heavy atom. The number of nitrogens with zero attached hydrogens (tertiary/aromatic N) is 2. The van der Waals surface area contributed by atoms with Gasteiger partial charge in [-0.2, -0.15) is 16.7 Å². The van der Waals surface area contributed by atoms with E-state index in [0.717, 1.165) is 36.1 Å². The molecule has 2 aromatic rings. The van der Waals surface area contributed by atoms with E-state index < -0.39 is 0 Å². The first kappa shape index (κ1) is 14.8. The van der Waals surface area contributed by atoms with Crippen LogP contribution >= 0.6 is 23.5 Å². The summed E-state index contributed by atoms with van der Waals surface area (Å²) in [5.41, 5.74) is 2.39. The van der Waals surface area contributed by atoms with Crippen molar-refractivity contribution >= 4 is 29.2 Å². The summed E-state index contributed by atoms with van der Waals surface area (Å²) in [5, 5.41) is 7.90. The van der Waals surface area contributed by atoms with Crippen LogP contribution in [-0.2, 0) is 6.42 Å². The molecule has 1 saturated heterocycles. The first-order chi connectivity index (χ1) is 10.3. The van der Waals surface area contributed by atoms with Crippen molar-refractivity contribution < 1.29 is 4.52 Å². The number of nitrogens with one attached hydrogen (secondary N) is 1. The highest BCUT2D eigenvalue weighted by molar-refractivity contribution is 8.06. The summed E-state index contributed by atoms with van der Waals surface area (Å²) in [5.74, 6) is 5.07. The summed E-state index contributed by atoms with van der Waals surface area (Å²) < 4.78 is 5.35. The number of rotatable bonds is 5. The van der Waals surface area contributed by atoms with Crippen LogP contribution in [0.1, 0.15) is 22.5 Å². The average molecular weight is 321 g/mol. The minimum Gasteiger partial charge on any atom is -0.385 e. The van der Waals surface area contributed by atoms with Crippen molar-refractivity contribution in [2.75, 3.05) is 29.1 Å². The van der Waals surface area contributed by atoms with Crippen molar-refractivity contribution in [2.45, 2.75) is 18.6 Å². The van der Waals surface area contributed by atoms with Crippen LogP contribution in [0.2, 0.25) is 0 Å². The van der Waals surface area contributed by atoms with Gasteiger partial charge in [0.15, 0.2) is 5.82 Å². The standard InChI is InChI=1S/C15H19N3OS2/c1-11-2-4-12(5-3-11)16-7-6-14-17-15(18-19-14)13-10-20-8-9-21-13/h2-5,13,16H,6-10H2,1H3. The summed E-state index contributed by atoms with van der Waals surface area (Å²) in [4.78, 5) is 4.53. The fourth-order valence-electron chi connectivity index (χ4n) is 2.12. The Hall–Kier alpha value is -1.14. The van der Waals surface area contributed by atoms with Gasteiger partial charge in [0, 0.05) is 35.9 Å². The van der Waals surface area contributed by atoms with Gasteiger partial charge < -0.3 is 9.84 Å². The van der Waals surface area contributed by atoms with Crippen molar-refractivity contribution in [3.8, 4) is 0 Å². The van der Waals surface area contributed by atoms with Gasteiger partial charge in [0.2, 0.25) is 5.89 Å². The molecule has 6 heteroatoms. The lowest BCUT2D eigenvalue weighted by Gasteiger charge is -2.16. The number of aromatic nitrogens is 2. The van der Waals surface area contributed by atoms with E-state index in [-0.39, 0.29) is 0 Å². The Kier molecular flexibility index (Phi) is 5.08. The molecule has 112 valence electrons. The molecular weight excluding hydrogens is 302 g/mol. The lowest BCUT2D eigenvalue weighted by molar-refractivity contribution is 0.375. The summed E-state index contributed by atoms with van der Waals surface area (Å²) in [7, 11) is 0. The van der Waals surface area contributed by atoms with E-state index in [0.29, 0.717) is 5.25 Å². The Bertz CT molecular complexity index is 565. The van der Waals surface area contributed by atoms with Gasteiger partial charge in [-0.3, -0.25) is 0 Å². The normalized spacial score (nSPS) is 18.6. The molecule has 21 heavy (non-hydrogen) atoms. The van der Waals surface area contributed by atoms with Crippen molar-refractivity contribution in [2.24, 2.45) is 0 Å². The number of hydrogen-bond acceptors (Lipinski definition) is 6. The topological polar surface area (TPSA) is 51.0 Å². The zero-order valence-electron chi connectivity index (χ0n) is 12.0. The molecule has 0 spiro atoms. The van der Waals surface area contributed by atoms with Gasteiger partial charge in [-0.1, -0.05) is 22.9 Å². The van der Waals surface area contributed by atoms with Crippen LogP contribution in [0, 0.1) is 6.92 Å². The van der Waals surface area contributed by atoms with Gasteiger partial charge in [0.25, 0.3) is 0 Å². The van der Waals surface area contributed by atoms with Crippen molar-refractivity contribution in [1.29, 1.82) is 0 Å². The SMILES string of the molecule is Cc1ccc(NCCc2nc(C3CSCCS3)no2)cc1. The predicted octanol–water partition coefficient (Wildman–Crippen LogP) is 3.55. The van der Waals surface area contributed by atoms with Crippen LogP contribution in [0.15, 0.2) is 28.8 Å². The summed E-state index contributed by atoms with van der Waals surface area (Å²) >= 11 is 3.90. The van der Waals surface area contributed by atoms with E-state index in [2.05, 4.69) is 46.6 Å². The summed E-state index contributed by atoms with van der Waals surface area (Å²) in [6.45, 7) is 2.89. The highest BCUT2D eigenvalue weighted by Gasteiger charge is 2.21. The molecule has 3 rings (SSSR count). The number of benzene rings is 1. The van der Waals surface area contributed by atoms with Crippen LogP contribution in [-0.4, -0.2) is 33.9 Å². The van der Waals surface area contributed by atoms with Gasteiger partial charge in [-0.25, -0.2) is 0 Å². The van der Waals surface area contributed by atoms with Gasteiger partial charge >= 0.3 is 0 Å². The van der Waals surface area contributed by atoms with Crippen LogP contribution in [0.4, 0.5) is 5.69 Å². The lowest BCUT2D eigenvalue weighted by Crippen LogP contribution is -2.08. The molecule has 0 amide bonds. The quantitative estimate of drug-likeness (QED) is 0.909. The highest BCUT2D eigenvalue weighted by Crippen LogP contribution is 2.35. The number of hydrogen-bond donors (Lipinski definition) is 1. The van der Waals surface area contributed by atoms with Gasteiger partial charge in [-0.15, -0.1) is 11.8 Å². The van der Waals surface area contributed by atoms with E-state index in [1.807, 2.05) is 23.5 Å². The summed E-state index contributed by atoms with van der Waals surface area (Å²) in [6, 6.07) is 8.38. The second kappa shape index (κ2) is 7.22. The van der Waals surface area contributed by atoms with Crippen molar-refractivity contribution in [3.05, 3.63) is 41.5 Å². The molecule has 1 aliphatic heterocycles. The Balaban J connectivity index is 1.49. The van der Waals surface area contributed by atoms with Crippen molar-refractivity contribution in [3.63, 3.8) is 0 Å². The van der Waals surface area contributed by atoms with Gasteiger partial charge in [0.1, 0.15) is 0 Å². The largest absolute Gasteiger partial charge is 0.385 e. The number of anilines is 1.